The average Bonchev–Trinajstić information content (AvgIpc) is 3.32. The molecule has 0 radical (unpaired) electrons. The predicted molar refractivity (Wildman–Crippen MR) is 130 cm³/mol. The Kier molecular flexibility index (Phi) is 7.67. The summed E-state index contributed by atoms with van der Waals surface area (Å²) in [7, 11) is 0. The minimum Gasteiger partial charge on any atom is -0.489 e. The smallest absolute Gasteiger partial charge is 0.194 e. The monoisotopic (exact) mass is 444 g/mol. The molecule has 0 aliphatic heterocycles. The summed E-state index contributed by atoms with van der Waals surface area (Å²) in [6.45, 7) is 8.59. The van der Waals surface area contributed by atoms with Crippen molar-refractivity contribution < 1.29 is 9.53 Å². The zero-order valence-corrected chi connectivity index (χ0v) is 19.9. The van der Waals surface area contributed by atoms with Crippen molar-refractivity contribution in [1.29, 1.82) is 10.5 Å². The molecular weight excluding hydrogens is 416 g/mol. The number of ether oxygens (including phenoxy) is 1. The number of nitriles is 2. The van der Waals surface area contributed by atoms with Crippen molar-refractivity contribution in [2.75, 3.05) is 0 Å². The van der Waals surface area contributed by atoms with Crippen molar-refractivity contribution in [3.8, 4) is 17.9 Å². The second kappa shape index (κ2) is 10.4. The number of nitrogens with zero attached hydrogens (tertiary/aromatic N) is 2. The Hall–Kier alpha value is -3.15. The van der Waals surface area contributed by atoms with E-state index < -0.39 is 0 Å². The third-order valence-corrected chi connectivity index (χ3v) is 6.98. The van der Waals surface area contributed by atoms with Crippen LogP contribution in [0.1, 0.15) is 85.0 Å². The minimum atomic E-state index is -0.157. The van der Waals surface area contributed by atoms with E-state index in [1.165, 1.54) is 0 Å². The van der Waals surface area contributed by atoms with Crippen LogP contribution < -0.4 is 4.74 Å². The molecule has 1 aliphatic rings. The van der Waals surface area contributed by atoms with Crippen LogP contribution in [0.4, 0.5) is 0 Å². The second-order valence-electron chi connectivity index (χ2n) is 8.23. The van der Waals surface area contributed by atoms with E-state index in [1.807, 2.05) is 30.3 Å². The van der Waals surface area contributed by atoms with Crippen LogP contribution in [0.25, 0.3) is 11.6 Å². The molecule has 2 aromatic rings. The lowest BCUT2D eigenvalue weighted by atomic mass is 9.99. The van der Waals surface area contributed by atoms with Gasteiger partial charge in [-0.1, -0.05) is 64.8 Å². The first-order valence-electron chi connectivity index (χ1n) is 11.2. The zero-order chi connectivity index (χ0) is 23.3. The summed E-state index contributed by atoms with van der Waals surface area (Å²) in [6, 6.07) is 13.1. The van der Waals surface area contributed by atoms with Crippen LogP contribution in [0.15, 0.2) is 41.5 Å². The van der Waals surface area contributed by atoms with Gasteiger partial charge in [-0.15, -0.1) is 11.3 Å². The summed E-state index contributed by atoms with van der Waals surface area (Å²) in [5, 5.41) is 19.0. The van der Waals surface area contributed by atoms with Crippen LogP contribution >= 0.6 is 11.3 Å². The van der Waals surface area contributed by atoms with Crippen LogP contribution in [0.2, 0.25) is 0 Å². The maximum Gasteiger partial charge on any atom is 0.194 e. The van der Waals surface area contributed by atoms with Crippen LogP contribution in [-0.2, 0) is 0 Å². The first kappa shape index (κ1) is 23.5. The number of hydrogen-bond acceptors (Lipinski definition) is 5. The highest BCUT2D eigenvalue weighted by Gasteiger charge is 2.32. The fourth-order valence-corrected chi connectivity index (χ4v) is 4.96. The van der Waals surface area contributed by atoms with Crippen molar-refractivity contribution in [2.45, 2.75) is 65.4 Å². The lowest BCUT2D eigenvalue weighted by Crippen LogP contribution is -2.15. The van der Waals surface area contributed by atoms with E-state index in [1.54, 1.807) is 29.5 Å². The van der Waals surface area contributed by atoms with Gasteiger partial charge in [0.25, 0.3) is 0 Å². The van der Waals surface area contributed by atoms with E-state index in [4.69, 9.17) is 4.74 Å². The summed E-state index contributed by atoms with van der Waals surface area (Å²) >= 11 is 1.60. The summed E-state index contributed by atoms with van der Waals surface area (Å²) in [5.74, 6) is 0.995. The highest BCUT2D eigenvalue weighted by atomic mass is 32.1. The van der Waals surface area contributed by atoms with Gasteiger partial charge in [-0.25, -0.2) is 0 Å². The Bertz CT molecular complexity index is 1140. The number of benzene rings is 1. The summed E-state index contributed by atoms with van der Waals surface area (Å²) < 4.78 is 6.39. The normalized spacial score (nSPS) is 14.9. The molecule has 1 aromatic heterocycles. The van der Waals surface area contributed by atoms with Crippen molar-refractivity contribution in [3.05, 3.63) is 62.4 Å². The molecule has 4 nitrogen and oxygen atoms in total. The van der Waals surface area contributed by atoms with Crippen molar-refractivity contribution in [3.63, 3.8) is 0 Å². The minimum absolute atomic E-state index is 0.0442. The molecule has 0 N–H and O–H groups in total. The first-order valence-corrected chi connectivity index (χ1v) is 12.0. The number of hydrogen-bond donors (Lipinski definition) is 0. The van der Waals surface area contributed by atoms with Crippen molar-refractivity contribution in [2.24, 2.45) is 0 Å². The fraction of sp³-hybridized carbons (Fsp3) is 0.370. The molecule has 1 aromatic carbocycles. The SMILES string of the molecule is CCCCC(CC)Oc1cc(/C=C2\C(=O)c3ccccc3C2=C(C#N)C#N)sc1C(C)C. The van der Waals surface area contributed by atoms with Gasteiger partial charge in [-0.05, 0) is 36.5 Å². The third kappa shape index (κ3) is 4.69. The van der Waals surface area contributed by atoms with Crippen LogP contribution in [0.3, 0.4) is 0 Å². The fourth-order valence-electron chi connectivity index (χ4n) is 3.92. The quantitative estimate of drug-likeness (QED) is 0.316. The van der Waals surface area contributed by atoms with E-state index in [-0.39, 0.29) is 23.4 Å². The van der Waals surface area contributed by atoms with Gasteiger partial charge in [0.2, 0.25) is 0 Å². The zero-order valence-electron chi connectivity index (χ0n) is 19.1. The molecule has 0 amide bonds. The molecule has 3 rings (SSSR count). The van der Waals surface area contributed by atoms with Crippen LogP contribution in [0.5, 0.6) is 5.75 Å². The molecule has 1 heterocycles. The van der Waals surface area contributed by atoms with Gasteiger partial charge in [0.05, 0.1) is 6.10 Å². The van der Waals surface area contributed by atoms with Gasteiger partial charge < -0.3 is 4.74 Å². The van der Waals surface area contributed by atoms with E-state index in [0.29, 0.717) is 22.3 Å². The maximum atomic E-state index is 13.2. The summed E-state index contributed by atoms with van der Waals surface area (Å²) in [5.41, 5.74) is 1.94. The van der Waals surface area contributed by atoms with E-state index in [9.17, 15) is 15.3 Å². The molecular formula is C27H28N2O2S. The van der Waals surface area contributed by atoms with Gasteiger partial charge in [0.15, 0.2) is 5.78 Å². The molecule has 0 fully saturated rings. The molecule has 0 saturated carbocycles. The Balaban J connectivity index is 2.08. The number of fused-ring (bicyclic) bond motifs is 1. The number of carbonyl (C=O) groups is 1. The molecule has 1 aliphatic carbocycles. The number of allylic oxidation sites excluding steroid dienone is 3. The van der Waals surface area contributed by atoms with Gasteiger partial charge in [-0.2, -0.15) is 10.5 Å². The number of ketones is 1. The number of thiophene rings is 1. The average molecular weight is 445 g/mol. The molecule has 1 atom stereocenters. The Morgan fingerprint density at radius 1 is 1.16 bits per heavy atom. The Morgan fingerprint density at radius 2 is 1.84 bits per heavy atom. The van der Waals surface area contributed by atoms with Gasteiger partial charge >= 0.3 is 0 Å². The molecule has 0 spiro atoms. The lowest BCUT2D eigenvalue weighted by Gasteiger charge is -2.18. The van der Waals surface area contributed by atoms with E-state index >= 15 is 0 Å². The molecule has 0 saturated heterocycles. The van der Waals surface area contributed by atoms with Gasteiger partial charge in [-0.3, -0.25) is 4.79 Å². The predicted octanol–water partition coefficient (Wildman–Crippen LogP) is 7.30. The van der Waals surface area contributed by atoms with Crippen molar-refractivity contribution in [1.82, 2.24) is 0 Å². The molecule has 164 valence electrons. The maximum absolute atomic E-state index is 13.2. The topological polar surface area (TPSA) is 73.9 Å². The van der Waals surface area contributed by atoms with E-state index in [0.717, 1.165) is 41.2 Å². The Labute approximate surface area is 194 Å². The van der Waals surface area contributed by atoms with Gasteiger partial charge in [0.1, 0.15) is 23.5 Å². The summed E-state index contributed by atoms with van der Waals surface area (Å²) in [4.78, 5) is 15.2. The molecule has 1 unspecified atom stereocenters. The van der Waals surface area contributed by atoms with E-state index in [2.05, 4.69) is 27.7 Å². The summed E-state index contributed by atoms with van der Waals surface area (Å²) in [6.07, 6.45) is 6.20. The molecule has 32 heavy (non-hydrogen) atoms. The number of unbranched alkanes of at least 4 members (excludes halogenated alkanes) is 1. The van der Waals surface area contributed by atoms with Gasteiger partial charge in [0, 0.05) is 26.5 Å². The third-order valence-electron chi connectivity index (χ3n) is 5.61. The first-order chi connectivity index (χ1) is 15.4. The standard InChI is InChI=1S/C27H28N2O2S/c1-5-7-10-19(6-2)31-24-14-20(32-27(24)17(3)4)13-23-25(18(15-28)16-29)21-11-8-9-12-22(21)26(23)30/h8-9,11-14,17,19H,5-7,10H2,1-4H3/b23-13-. The van der Waals surface area contributed by atoms with Crippen LogP contribution in [-0.4, -0.2) is 11.9 Å². The van der Waals surface area contributed by atoms with Crippen molar-refractivity contribution >= 4 is 28.8 Å². The number of rotatable bonds is 8. The lowest BCUT2D eigenvalue weighted by molar-refractivity contribution is 0.104. The number of Topliss-reactive ketones (excluding diaryl/α,β-unsaturated/α-hetero) is 1. The highest BCUT2D eigenvalue weighted by Crippen LogP contribution is 2.42. The molecule has 0 bridgehead atoms. The highest BCUT2D eigenvalue weighted by molar-refractivity contribution is 7.13. The molecule has 5 heteroatoms. The second-order valence-corrected chi connectivity index (χ2v) is 9.34. The Morgan fingerprint density at radius 3 is 2.44 bits per heavy atom. The number of carbonyl (C=O) groups excluding carboxylic acids is 1. The largest absolute Gasteiger partial charge is 0.489 e. The van der Waals surface area contributed by atoms with Crippen LogP contribution in [0, 0.1) is 22.7 Å².